The molecule has 0 heterocycles. The van der Waals surface area contributed by atoms with E-state index >= 15 is 0 Å². The number of ether oxygens (including phenoxy) is 1. The van der Waals surface area contributed by atoms with Gasteiger partial charge in [-0.15, -0.1) is 0 Å². The highest BCUT2D eigenvalue weighted by Gasteiger charge is 1.99. The van der Waals surface area contributed by atoms with Crippen molar-refractivity contribution in [1.29, 1.82) is 0 Å². The summed E-state index contributed by atoms with van der Waals surface area (Å²) in [6.45, 7) is 2.99. The molecule has 0 aromatic carbocycles. The molecule has 0 radical (unpaired) electrons. The Labute approximate surface area is 102 Å². The predicted octanol–water partition coefficient (Wildman–Crippen LogP) is 0.967. The average molecular weight is 246 g/mol. The Hall–Kier alpha value is -1.30. The van der Waals surface area contributed by atoms with Gasteiger partial charge in [-0.1, -0.05) is 26.2 Å². The third kappa shape index (κ3) is 12.6. The van der Waals surface area contributed by atoms with Gasteiger partial charge in [0.1, 0.15) is 6.61 Å². The van der Waals surface area contributed by atoms with Gasteiger partial charge in [0.05, 0.1) is 6.61 Å². The number of hydrogen-bond acceptors (Lipinski definition) is 3. The van der Waals surface area contributed by atoms with E-state index in [4.69, 9.17) is 9.84 Å². The van der Waals surface area contributed by atoms with Gasteiger partial charge in [-0.05, 0) is 6.42 Å². The summed E-state index contributed by atoms with van der Waals surface area (Å²) in [6.07, 6.45) is 4.47. The van der Waals surface area contributed by atoms with Crippen LogP contribution in [0.4, 0.5) is 4.79 Å². The molecule has 100 valence electrons. The number of hydrogen-bond donors (Lipinski definition) is 3. The van der Waals surface area contributed by atoms with Crippen molar-refractivity contribution < 1.29 is 19.4 Å². The molecule has 6 heteroatoms. The minimum atomic E-state index is -1.01. The molecule has 0 aromatic heterocycles. The van der Waals surface area contributed by atoms with Gasteiger partial charge in [-0.25, -0.2) is 9.59 Å². The molecular formula is C11H22N2O4. The average Bonchev–Trinajstić information content (AvgIpc) is 2.28. The van der Waals surface area contributed by atoms with E-state index in [1.54, 1.807) is 0 Å². The van der Waals surface area contributed by atoms with E-state index in [-0.39, 0.29) is 19.2 Å². The van der Waals surface area contributed by atoms with Gasteiger partial charge in [-0.3, -0.25) is 0 Å². The van der Waals surface area contributed by atoms with Crippen LogP contribution >= 0.6 is 0 Å². The Morgan fingerprint density at radius 3 is 2.47 bits per heavy atom. The summed E-state index contributed by atoms with van der Waals surface area (Å²) >= 11 is 0. The first-order valence-corrected chi connectivity index (χ1v) is 5.98. The molecule has 0 aliphatic carbocycles. The molecule has 0 atom stereocenters. The van der Waals surface area contributed by atoms with Crippen LogP contribution in [0.5, 0.6) is 0 Å². The summed E-state index contributed by atoms with van der Waals surface area (Å²) in [7, 11) is 0. The lowest BCUT2D eigenvalue weighted by Crippen LogP contribution is -2.37. The molecule has 0 saturated heterocycles. The van der Waals surface area contributed by atoms with Crippen molar-refractivity contribution in [2.24, 2.45) is 0 Å². The normalized spacial score (nSPS) is 9.94. The van der Waals surface area contributed by atoms with Crippen molar-refractivity contribution in [3.05, 3.63) is 0 Å². The van der Waals surface area contributed by atoms with Gasteiger partial charge in [0.15, 0.2) is 0 Å². The van der Waals surface area contributed by atoms with E-state index in [9.17, 15) is 9.59 Å². The van der Waals surface area contributed by atoms with Gasteiger partial charge >= 0.3 is 12.0 Å². The maximum absolute atomic E-state index is 11.2. The minimum Gasteiger partial charge on any atom is -0.480 e. The predicted molar refractivity (Wildman–Crippen MR) is 64.0 cm³/mol. The second-order valence-electron chi connectivity index (χ2n) is 3.69. The lowest BCUT2D eigenvalue weighted by molar-refractivity contribution is -0.142. The monoisotopic (exact) mass is 246 g/mol. The second kappa shape index (κ2) is 11.2. The molecule has 0 bridgehead atoms. The van der Waals surface area contributed by atoms with Crippen molar-refractivity contribution >= 4 is 12.0 Å². The molecule has 0 aromatic rings. The summed E-state index contributed by atoms with van der Waals surface area (Å²) in [5, 5.41) is 13.6. The van der Waals surface area contributed by atoms with Crippen molar-refractivity contribution in [1.82, 2.24) is 10.6 Å². The first kappa shape index (κ1) is 15.7. The van der Waals surface area contributed by atoms with Crippen LogP contribution in [0.1, 0.15) is 32.6 Å². The number of aliphatic carboxylic acids is 1. The highest BCUT2D eigenvalue weighted by atomic mass is 16.5. The Kier molecular flexibility index (Phi) is 10.3. The highest BCUT2D eigenvalue weighted by Crippen LogP contribution is 1.96. The van der Waals surface area contributed by atoms with Crippen LogP contribution in [0, 0.1) is 0 Å². The standard InChI is InChI=1S/C11H22N2O4/c1-2-3-4-5-6-12-11(16)13-7-8-17-9-10(14)15/h2-9H2,1H3,(H,14,15)(H2,12,13,16). The second-order valence-corrected chi connectivity index (χ2v) is 3.69. The van der Waals surface area contributed by atoms with Crippen LogP contribution in [-0.2, 0) is 9.53 Å². The number of carboxylic acid groups (broad SMARTS) is 1. The quantitative estimate of drug-likeness (QED) is 0.501. The zero-order valence-corrected chi connectivity index (χ0v) is 10.3. The first-order chi connectivity index (χ1) is 8.16. The summed E-state index contributed by atoms with van der Waals surface area (Å²) in [5.41, 5.74) is 0. The van der Waals surface area contributed by atoms with Crippen molar-refractivity contribution in [3.8, 4) is 0 Å². The molecule has 0 spiro atoms. The van der Waals surface area contributed by atoms with E-state index < -0.39 is 5.97 Å². The minimum absolute atomic E-state index is 0.204. The SMILES string of the molecule is CCCCCCNC(=O)NCCOCC(=O)O. The first-order valence-electron chi connectivity index (χ1n) is 5.98. The van der Waals surface area contributed by atoms with E-state index in [1.165, 1.54) is 12.8 Å². The molecule has 0 rings (SSSR count). The van der Waals surface area contributed by atoms with Crippen LogP contribution in [0.15, 0.2) is 0 Å². The summed E-state index contributed by atoms with van der Waals surface area (Å²) in [4.78, 5) is 21.3. The summed E-state index contributed by atoms with van der Waals surface area (Å²) < 4.78 is 4.76. The molecule has 2 amide bonds. The van der Waals surface area contributed by atoms with E-state index in [2.05, 4.69) is 17.6 Å². The Morgan fingerprint density at radius 2 is 1.82 bits per heavy atom. The molecule has 3 N–H and O–H groups in total. The smallest absolute Gasteiger partial charge is 0.329 e. The largest absolute Gasteiger partial charge is 0.480 e. The van der Waals surface area contributed by atoms with Crippen LogP contribution in [0.25, 0.3) is 0 Å². The van der Waals surface area contributed by atoms with Gasteiger partial charge in [-0.2, -0.15) is 0 Å². The number of amides is 2. The summed E-state index contributed by atoms with van der Waals surface area (Å²) in [6, 6.07) is -0.236. The van der Waals surface area contributed by atoms with Crippen LogP contribution < -0.4 is 10.6 Å². The molecule has 0 fully saturated rings. The lowest BCUT2D eigenvalue weighted by atomic mass is 10.2. The van der Waals surface area contributed by atoms with E-state index in [0.717, 1.165) is 12.8 Å². The van der Waals surface area contributed by atoms with Crippen molar-refractivity contribution in [2.45, 2.75) is 32.6 Å². The van der Waals surface area contributed by atoms with E-state index in [0.29, 0.717) is 13.1 Å². The van der Waals surface area contributed by atoms with Crippen LogP contribution in [0.3, 0.4) is 0 Å². The van der Waals surface area contributed by atoms with Gasteiger partial charge < -0.3 is 20.5 Å². The zero-order valence-electron chi connectivity index (χ0n) is 10.3. The third-order valence-electron chi connectivity index (χ3n) is 2.07. The number of carboxylic acids is 1. The lowest BCUT2D eigenvalue weighted by Gasteiger charge is -2.07. The van der Waals surface area contributed by atoms with Gasteiger partial charge in [0.2, 0.25) is 0 Å². The molecule has 17 heavy (non-hydrogen) atoms. The summed E-state index contributed by atoms with van der Waals surface area (Å²) in [5.74, 6) is -1.01. The Bertz CT molecular complexity index is 222. The maximum Gasteiger partial charge on any atom is 0.329 e. The number of unbranched alkanes of at least 4 members (excludes halogenated alkanes) is 3. The molecule has 6 nitrogen and oxygen atoms in total. The fourth-order valence-corrected chi connectivity index (χ4v) is 1.21. The Balaban J connectivity index is 3.20. The number of nitrogens with one attached hydrogen (secondary N) is 2. The molecule has 0 saturated carbocycles. The zero-order chi connectivity index (χ0) is 12.9. The molecule has 0 aliphatic heterocycles. The number of carbonyl (C=O) groups excluding carboxylic acids is 1. The fraction of sp³-hybridized carbons (Fsp3) is 0.818. The van der Waals surface area contributed by atoms with Gasteiger partial charge in [0, 0.05) is 13.1 Å². The van der Waals surface area contributed by atoms with Crippen LogP contribution in [0.2, 0.25) is 0 Å². The molecule has 0 unspecified atom stereocenters. The highest BCUT2D eigenvalue weighted by molar-refractivity contribution is 5.73. The van der Waals surface area contributed by atoms with E-state index in [1.807, 2.05) is 0 Å². The number of urea groups is 1. The Morgan fingerprint density at radius 1 is 1.12 bits per heavy atom. The maximum atomic E-state index is 11.2. The third-order valence-corrected chi connectivity index (χ3v) is 2.07. The number of carbonyl (C=O) groups is 2. The van der Waals surface area contributed by atoms with Crippen molar-refractivity contribution in [2.75, 3.05) is 26.3 Å². The number of rotatable bonds is 10. The van der Waals surface area contributed by atoms with Crippen LogP contribution in [-0.4, -0.2) is 43.4 Å². The fourth-order valence-electron chi connectivity index (χ4n) is 1.21. The molecule has 0 aliphatic rings. The topological polar surface area (TPSA) is 87.7 Å². The van der Waals surface area contributed by atoms with Crippen molar-refractivity contribution in [3.63, 3.8) is 0 Å². The molecular weight excluding hydrogens is 224 g/mol. The van der Waals surface area contributed by atoms with Gasteiger partial charge in [0.25, 0.3) is 0 Å².